The topological polar surface area (TPSA) is 29.3 Å². The molecule has 112 valence electrons. The zero-order valence-corrected chi connectivity index (χ0v) is 12.7. The molecule has 3 heteroatoms. The van der Waals surface area contributed by atoms with Gasteiger partial charge in [-0.3, -0.25) is 4.90 Å². The molecule has 0 aliphatic heterocycles. The summed E-state index contributed by atoms with van der Waals surface area (Å²) < 4.78 is 13.0. The van der Waals surface area contributed by atoms with Gasteiger partial charge in [0.25, 0.3) is 0 Å². The Hall–Kier alpha value is -0.930. The molecule has 2 nitrogen and oxygen atoms in total. The summed E-state index contributed by atoms with van der Waals surface area (Å²) in [5.74, 6) is -0.177. The highest BCUT2D eigenvalue weighted by Crippen LogP contribution is 2.28. The number of nitrogens with two attached hydrogens (primary N) is 1. The Morgan fingerprint density at radius 2 is 1.80 bits per heavy atom. The lowest BCUT2D eigenvalue weighted by atomic mass is 9.86. The van der Waals surface area contributed by atoms with Gasteiger partial charge in [-0.15, -0.1) is 0 Å². The molecule has 1 aromatic carbocycles. The SMILES string of the molecule is CN(C1CCCCC1)C(C)(CN)Cc1ccc(F)cc1. The Kier molecular flexibility index (Phi) is 5.17. The molecule has 0 amide bonds. The number of nitrogens with zero attached hydrogens (tertiary/aromatic N) is 1. The maximum atomic E-state index is 13.0. The van der Waals surface area contributed by atoms with Crippen LogP contribution in [0.3, 0.4) is 0 Å². The van der Waals surface area contributed by atoms with Gasteiger partial charge in [0.1, 0.15) is 5.82 Å². The minimum atomic E-state index is -0.177. The van der Waals surface area contributed by atoms with Gasteiger partial charge < -0.3 is 5.73 Å². The van der Waals surface area contributed by atoms with Gasteiger partial charge in [0.15, 0.2) is 0 Å². The first-order valence-electron chi connectivity index (χ1n) is 7.72. The normalized spacial score (nSPS) is 20.1. The van der Waals surface area contributed by atoms with Crippen molar-refractivity contribution in [3.8, 4) is 0 Å². The van der Waals surface area contributed by atoms with Crippen molar-refractivity contribution in [3.05, 3.63) is 35.6 Å². The molecule has 1 aromatic rings. The number of benzene rings is 1. The summed E-state index contributed by atoms with van der Waals surface area (Å²) in [5.41, 5.74) is 7.18. The van der Waals surface area contributed by atoms with Crippen LogP contribution < -0.4 is 5.73 Å². The van der Waals surface area contributed by atoms with Gasteiger partial charge >= 0.3 is 0 Å². The molecule has 0 aromatic heterocycles. The first-order valence-corrected chi connectivity index (χ1v) is 7.72. The van der Waals surface area contributed by atoms with E-state index in [4.69, 9.17) is 5.73 Å². The minimum Gasteiger partial charge on any atom is -0.329 e. The third kappa shape index (κ3) is 3.58. The second kappa shape index (κ2) is 6.68. The predicted octanol–water partition coefficient (Wildman–Crippen LogP) is 3.35. The van der Waals surface area contributed by atoms with Crippen molar-refractivity contribution in [2.24, 2.45) is 5.73 Å². The molecule has 20 heavy (non-hydrogen) atoms. The van der Waals surface area contributed by atoms with Crippen LogP contribution in [0, 0.1) is 5.82 Å². The zero-order valence-electron chi connectivity index (χ0n) is 12.7. The number of likely N-dealkylation sites (N-methyl/N-ethyl adjacent to an activating group) is 1. The van der Waals surface area contributed by atoms with Crippen molar-refractivity contribution in [1.82, 2.24) is 4.90 Å². The first-order chi connectivity index (χ1) is 9.55. The second-order valence-corrected chi connectivity index (χ2v) is 6.41. The van der Waals surface area contributed by atoms with Crippen LogP contribution in [0.4, 0.5) is 4.39 Å². The van der Waals surface area contributed by atoms with Gasteiger partial charge in [-0.2, -0.15) is 0 Å². The summed E-state index contributed by atoms with van der Waals surface area (Å²) in [4.78, 5) is 2.47. The molecule has 0 bridgehead atoms. The van der Waals surface area contributed by atoms with E-state index in [0.29, 0.717) is 12.6 Å². The van der Waals surface area contributed by atoms with Crippen molar-refractivity contribution in [1.29, 1.82) is 0 Å². The monoisotopic (exact) mass is 278 g/mol. The molecule has 0 heterocycles. The van der Waals surface area contributed by atoms with E-state index in [0.717, 1.165) is 12.0 Å². The van der Waals surface area contributed by atoms with Crippen molar-refractivity contribution >= 4 is 0 Å². The third-order valence-electron chi connectivity index (χ3n) is 4.91. The first kappa shape index (κ1) is 15.5. The van der Waals surface area contributed by atoms with Gasteiger partial charge in [0.2, 0.25) is 0 Å². The molecule has 0 radical (unpaired) electrons. The van der Waals surface area contributed by atoms with E-state index in [1.165, 1.54) is 44.2 Å². The molecule has 2 rings (SSSR count). The molecule has 1 atom stereocenters. The van der Waals surface area contributed by atoms with Crippen LogP contribution in [0.25, 0.3) is 0 Å². The van der Waals surface area contributed by atoms with Crippen molar-refractivity contribution < 1.29 is 4.39 Å². The number of halogens is 1. The van der Waals surface area contributed by atoms with Crippen LogP contribution in [0.15, 0.2) is 24.3 Å². The van der Waals surface area contributed by atoms with Crippen molar-refractivity contribution in [2.75, 3.05) is 13.6 Å². The fraction of sp³-hybridized carbons (Fsp3) is 0.647. The van der Waals surface area contributed by atoms with Crippen LogP contribution in [0.2, 0.25) is 0 Å². The quantitative estimate of drug-likeness (QED) is 0.895. The Bertz CT molecular complexity index is 412. The van der Waals surface area contributed by atoms with E-state index in [9.17, 15) is 4.39 Å². The summed E-state index contributed by atoms with van der Waals surface area (Å²) in [6, 6.07) is 7.45. The molecule has 0 spiro atoms. The lowest BCUT2D eigenvalue weighted by Gasteiger charge is -2.44. The molecular weight excluding hydrogens is 251 g/mol. The van der Waals surface area contributed by atoms with E-state index >= 15 is 0 Å². The average molecular weight is 278 g/mol. The standard InChI is InChI=1S/C17H27FN2/c1-17(13-19,12-14-8-10-15(18)11-9-14)20(2)16-6-4-3-5-7-16/h8-11,16H,3-7,12-13,19H2,1-2H3. The predicted molar refractivity (Wildman–Crippen MR) is 82.2 cm³/mol. The molecule has 0 saturated heterocycles. The van der Waals surface area contributed by atoms with Gasteiger partial charge in [0.05, 0.1) is 0 Å². The largest absolute Gasteiger partial charge is 0.329 e. The Morgan fingerprint density at radius 3 is 2.35 bits per heavy atom. The second-order valence-electron chi connectivity index (χ2n) is 6.41. The Morgan fingerprint density at radius 1 is 1.20 bits per heavy atom. The van der Waals surface area contributed by atoms with Crippen molar-refractivity contribution in [2.45, 2.75) is 57.0 Å². The molecule has 2 N–H and O–H groups in total. The van der Waals surface area contributed by atoms with Gasteiger partial charge in [-0.1, -0.05) is 31.4 Å². The van der Waals surface area contributed by atoms with E-state index in [1.807, 2.05) is 12.1 Å². The number of hydrogen-bond donors (Lipinski definition) is 1. The summed E-state index contributed by atoms with van der Waals surface area (Å²) in [5, 5.41) is 0. The van der Waals surface area contributed by atoms with Gasteiger partial charge in [-0.25, -0.2) is 4.39 Å². The lowest BCUT2D eigenvalue weighted by Crippen LogP contribution is -2.55. The van der Waals surface area contributed by atoms with Crippen molar-refractivity contribution in [3.63, 3.8) is 0 Å². The highest BCUT2D eigenvalue weighted by atomic mass is 19.1. The van der Waals surface area contributed by atoms with Crippen LogP contribution in [0.1, 0.15) is 44.6 Å². The van der Waals surface area contributed by atoms with Crippen LogP contribution in [-0.2, 0) is 6.42 Å². The average Bonchev–Trinajstić information content (AvgIpc) is 2.49. The van der Waals surface area contributed by atoms with E-state index in [-0.39, 0.29) is 11.4 Å². The lowest BCUT2D eigenvalue weighted by molar-refractivity contribution is 0.0704. The highest BCUT2D eigenvalue weighted by Gasteiger charge is 2.33. The molecule has 1 fully saturated rings. The van der Waals surface area contributed by atoms with Gasteiger partial charge in [0, 0.05) is 18.1 Å². The summed E-state index contributed by atoms with van der Waals surface area (Å²) in [6.07, 6.45) is 7.43. The zero-order chi connectivity index (χ0) is 14.6. The summed E-state index contributed by atoms with van der Waals surface area (Å²) in [7, 11) is 2.20. The number of hydrogen-bond acceptors (Lipinski definition) is 2. The van der Waals surface area contributed by atoms with E-state index < -0.39 is 0 Å². The van der Waals surface area contributed by atoms with Crippen LogP contribution in [-0.4, -0.2) is 30.1 Å². The Labute approximate surface area is 122 Å². The van der Waals surface area contributed by atoms with E-state index in [1.54, 1.807) is 0 Å². The van der Waals surface area contributed by atoms with Gasteiger partial charge in [-0.05, 0) is 50.9 Å². The fourth-order valence-corrected chi connectivity index (χ4v) is 3.29. The molecule has 1 aliphatic carbocycles. The summed E-state index contributed by atoms with van der Waals surface area (Å²) >= 11 is 0. The van der Waals surface area contributed by atoms with Crippen LogP contribution >= 0.6 is 0 Å². The smallest absolute Gasteiger partial charge is 0.123 e. The van der Waals surface area contributed by atoms with Crippen LogP contribution in [0.5, 0.6) is 0 Å². The molecule has 1 saturated carbocycles. The fourth-order valence-electron chi connectivity index (χ4n) is 3.29. The summed E-state index contributed by atoms with van der Waals surface area (Å²) in [6.45, 7) is 2.85. The van der Waals surface area contributed by atoms with E-state index in [2.05, 4.69) is 18.9 Å². The highest BCUT2D eigenvalue weighted by molar-refractivity contribution is 5.19. The minimum absolute atomic E-state index is 0.0557. The molecule has 1 unspecified atom stereocenters. The maximum absolute atomic E-state index is 13.0. The molecule has 1 aliphatic rings. The third-order valence-corrected chi connectivity index (χ3v) is 4.91. The Balaban J connectivity index is 2.08. The number of rotatable bonds is 5. The molecular formula is C17H27FN2. The maximum Gasteiger partial charge on any atom is 0.123 e.